The van der Waals surface area contributed by atoms with Gasteiger partial charge >= 0.3 is 12.1 Å². The van der Waals surface area contributed by atoms with Crippen LogP contribution in [0.2, 0.25) is 0 Å². The van der Waals surface area contributed by atoms with Crippen LogP contribution in [-0.4, -0.2) is 47.4 Å². The van der Waals surface area contributed by atoms with Crippen molar-refractivity contribution in [2.75, 3.05) is 24.5 Å². The molecule has 1 aromatic carbocycles. The molecule has 152 valence electrons. The Balaban J connectivity index is 1.83. The third-order valence-electron chi connectivity index (χ3n) is 5.24. The number of anilines is 1. The van der Waals surface area contributed by atoms with Gasteiger partial charge in [-0.25, -0.2) is 0 Å². The molecule has 3 rings (SSSR count). The second-order valence-corrected chi connectivity index (χ2v) is 7.25. The van der Waals surface area contributed by atoms with Crippen LogP contribution in [0.5, 0.6) is 0 Å². The number of halogens is 3. The predicted molar refractivity (Wildman–Crippen MR) is 93.9 cm³/mol. The number of carbonyl (C=O) groups is 3. The van der Waals surface area contributed by atoms with Gasteiger partial charge in [-0.3, -0.25) is 14.4 Å². The van der Waals surface area contributed by atoms with E-state index in [1.165, 1.54) is 15.9 Å². The number of aliphatic carboxylic acids is 1. The Labute approximate surface area is 159 Å². The van der Waals surface area contributed by atoms with E-state index in [2.05, 4.69) is 0 Å². The normalized spacial score (nSPS) is 18.6. The number of carboxylic acids is 1. The average Bonchev–Trinajstić information content (AvgIpc) is 3.06. The van der Waals surface area contributed by atoms with Gasteiger partial charge in [0, 0.05) is 43.7 Å². The highest BCUT2D eigenvalue weighted by molar-refractivity contribution is 5.99. The molecule has 2 aliphatic heterocycles. The van der Waals surface area contributed by atoms with E-state index in [-0.39, 0.29) is 35.9 Å². The van der Waals surface area contributed by atoms with Crippen LogP contribution in [0.25, 0.3) is 0 Å². The van der Waals surface area contributed by atoms with E-state index in [0.717, 1.165) is 12.1 Å². The van der Waals surface area contributed by atoms with Crippen molar-refractivity contribution in [3.8, 4) is 0 Å². The molecular weight excluding hydrogens is 377 g/mol. The Morgan fingerprint density at radius 1 is 1.11 bits per heavy atom. The number of rotatable bonds is 4. The fourth-order valence-corrected chi connectivity index (χ4v) is 3.74. The molecular formula is C19H21F3N2O4. The summed E-state index contributed by atoms with van der Waals surface area (Å²) in [5, 5.41) is 8.86. The topological polar surface area (TPSA) is 77.9 Å². The molecule has 2 amide bonds. The Hall–Kier alpha value is -2.58. The first-order chi connectivity index (χ1) is 13.1. The van der Waals surface area contributed by atoms with Crippen molar-refractivity contribution in [3.63, 3.8) is 0 Å². The highest BCUT2D eigenvalue weighted by Gasteiger charge is 2.34. The Morgan fingerprint density at radius 2 is 1.79 bits per heavy atom. The van der Waals surface area contributed by atoms with Crippen LogP contribution in [0.3, 0.4) is 0 Å². The number of hydrogen-bond acceptors (Lipinski definition) is 3. The highest BCUT2D eigenvalue weighted by Crippen LogP contribution is 2.35. The van der Waals surface area contributed by atoms with E-state index in [0.29, 0.717) is 38.9 Å². The number of amides is 2. The smallest absolute Gasteiger partial charge is 0.416 e. The molecule has 2 saturated heterocycles. The van der Waals surface area contributed by atoms with Crippen LogP contribution in [0.1, 0.15) is 48.0 Å². The Kier molecular flexibility index (Phi) is 5.62. The lowest BCUT2D eigenvalue weighted by molar-refractivity contribution is -0.138. The fraction of sp³-hybridized carbons (Fsp3) is 0.526. The van der Waals surface area contributed by atoms with Crippen molar-refractivity contribution in [1.82, 2.24) is 4.90 Å². The standard InChI is InChI=1S/C19H21F3N2O4/c20-19(21,22)14-9-13(10-15(11-14)24-5-1-2-16(24)25)18(28)23-6-3-12(4-7-23)8-17(26)27/h9-12H,1-8H2,(H,26,27). The summed E-state index contributed by atoms with van der Waals surface area (Å²) in [6, 6.07) is 3.05. The number of carboxylic acid groups (broad SMARTS) is 1. The summed E-state index contributed by atoms with van der Waals surface area (Å²) in [4.78, 5) is 38.3. The SMILES string of the molecule is O=C(O)CC1CCN(C(=O)c2cc(N3CCCC3=O)cc(C(F)(F)F)c2)CC1. The maximum Gasteiger partial charge on any atom is 0.416 e. The number of piperidine rings is 1. The monoisotopic (exact) mass is 398 g/mol. The second kappa shape index (κ2) is 7.81. The lowest BCUT2D eigenvalue weighted by Crippen LogP contribution is -2.39. The van der Waals surface area contributed by atoms with E-state index in [4.69, 9.17) is 5.11 Å². The van der Waals surface area contributed by atoms with Crippen LogP contribution in [0.4, 0.5) is 18.9 Å². The summed E-state index contributed by atoms with van der Waals surface area (Å²) < 4.78 is 40.0. The van der Waals surface area contributed by atoms with Gasteiger partial charge in [-0.2, -0.15) is 13.2 Å². The molecule has 1 N–H and O–H groups in total. The minimum atomic E-state index is -4.64. The zero-order valence-electron chi connectivity index (χ0n) is 15.2. The van der Waals surface area contributed by atoms with Gasteiger partial charge in [0.05, 0.1) is 5.56 Å². The zero-order valence-corrected chi connectivity index (χ0v) is 15.2. The lowest BCUT2D eigenvalue weighted by Gasteiger charge is -2.31. The molecule has 0 spiro atoms. The van der Waals surface area contributed by atoms with Crippen molar-refractivity contribution in [3.05, 3.63) is 29.3 Å². The summed E-state index contributed by atoms with van der Waals surface area (Å²) >= 11 is 0. The molecule has 0 bridgehead atoms. The summed E-state index contributed by atoms with van der Waals surface area (Å²) in [5.41, 5.74) is -0.989. The summed E-state index contributed by atoms with van der Waals surface area (Å²) in [7, 11) is 0. The molecule has 2 fully saturated rings. The zero-order chi connectivity index (χ0) is 20.5. The van der Waals surface area contributed by atoms with Crippen LogP contribution >= 0.6 is 0 Å². The van der Waals surface area contributed by atoms with Gasteiger partial charge in [-0.1, -0.05) is 0 Å². The van der Waals surface area contributed by atoms with Gasteiger partial charge in [0.2, 0.25) is 5.91 Å². The van der Waals surface area contributed by atoms with Crippen molar-refractivity contribution in [2.45, 2.75) is 38.3 Å². The van der Waals surface area contributed by atoms with Crippen LogP contribution in [-0.2, 0) is 15.8 Å². The van der Waals surface area contributed by atoms with Gasteiger partial charge in [-0.05, 0) is 43.4 Å². The van der Waals surface area contributed by atoms with Gasteiger partial charge in [0.25, 0.3) is 5.91 Å². The number of benzene rings is 1. The van der Waals surface area contributed by atoms with Crippen molar-refractivity contribution in [1.29, 1.82) is 0 Å². The molecule has 9 heteroatoms. The molecule has 0 aromatic heterocycles. The maximum absolute atomic E-state index is 13.3. The summed E-state index contributed by atoms with van der Waals surface area (Å²) in [6.45, 7) is 0.921. The molecule has 2 aliphatic rings. The van der Waals surface area contributed by atoms with Crippen LogP contribution in [0, 0.1) is 5.92 Å². The first-order valence-electron chi connectivity index (χ1n) is 9.19. The van der Waals surface area contributed by atoms with E-state index in [1.807, 2.05) is 0 Å². The average molecular weight is 398 g/mol. The van der Waals surface area contributed by atoms with Gasteiger partial charge in [0.15, 0.2) is 0 Å². The molecule has 0 atom stereocenters. The molecule has 0 saturated carbocycles. The number of carbonyl (C=O) groups excluding carboxylic acids is 2. The molecule has 28 heavy (non-hydrogen) atoms. The van der Waals surface area contributed by atoms with Crippen molar-refractivity contribution >= 4 is 23.5 Å². The molecule has 2 heterocycles. The third-order valence-corrected chi connectivity index (χ3v) is 5.24. The van der Waals surface area contributed by atoms with Gasteiger partial charge in [0.1, 0.15) is 0 Å². The molecule has 6 nitrogen and oxygen atoms in total. The molecule has 0 radical (unpaired) electrons. The fourth-order valence-electron chi connectivity index (χ4n) is 3.74. The predicted octanol–water partition coefficient (Wildman–Crippen LogP) is 3.16. The van der Waals surface area contributed by atoms with E-state index in [1.54, 1.807) is 0 Å². The third kappa shape index (κ3) is 4.45. The highest BCUT2D eigenvalue weighted by atomic mass is 19.4. The minimum absolute atomic E-state index is 0.0206. The molecule has 1 aromatic rings. The van der Waals surface area contributed by atoms with E-state index in [9.17, 15) is 27.6 Å². The first-order valence-corrected chi connectivity index (χ1v) is 9.19. The number of nitrogens with zero attached hydrogens (tertiary/aromatic N) is 2. The second-order valence-electron chi connectivity index (χ2n) is 7.25. The number of alkyl halides is 3. The number of likely N-dealkylation sites (tertiary alicyclic amines) is 1. The maximum atomic E-state index is 13.3. The van der Waals surface area contributed by atoms with Gasteiger partial charge < -0.3 is 14.9 Å². The first kappa shape index (κ1) is 20.2. The van der Waals surface area contributed by atoms with Crippen LogP contribution < -0.4 is 4.90 Å². The quantitative estimate of drug-likeness (QED) is 0.845. The van der Waals surface area contributed by atoms with E-state index < -0.39 is 23.6 Å². The van der Waals surface area contributed by atoms with Crippen molar-refractivity contribution in [2.24, 2.45) is 5.92 Å². The largest absolute Gasteiger partial charge is 0.481 e. The Morgan fingerprint density at radius 3 is 2.32 bits per heavy atom. The lowest BCUT2D eigenvalue weighted by atomic mass is 9.93. The van der Waals surface area contributed by atoms with Crippen molar-refractivity contribution < 1.29 is 32.7 Å². The number of hydrogen-bond donors (Lipinski definition) is 1. The summed E-state index contributed by atoms with van der Waals surface area (Å²) in [5.74, 6) is -1.73. The van der Waals surface area contributed by atoms with E-state index >= 15 is 0 Å². The minimum Gasteiger partial charge on any atom is -0.481 e. The van der Waals surface area contributed by atoms with Crippen LogP contribution in [0.15, 0.2) is 18.2 Å². The summed E-state index contributed by atoms with van der Waals surface area (Å²) in [6.07, 6.45) is -2.79. The van der Waals surface area contributed by atoms with Gasteiger partial charge in [-0.15, -0.1) is 0 Å². The molecule has 0 aliphatic carbocycles. The molecule has 0 unspecified atom stereocenters. The Bertz CT molecular complexity index is 786.